The SMILES string of the molecule is N#Cc1cccc(Nc2cccc3c2CCNC3)c1. The predicted octanol–water partition coefficient (Wildman–Crippen LogP) is 2.95. The Morgan fingerprint density at radius 2 is 2.05 bits per heavy atom. The van der Waals surface area contributed by atoms with Gasteiger partial charge >= 0.3 is 0 Å². The first kappa shape index (κ1) is 11.8. The summed E-state index contributed by atoms with van der Waals surface area (Å²) in [6.45, 7) is 1.95. The van der Waals surface area contributed by atoms with Gasteiger partial charge in [0, 0.05) is 17.9 Å². The van der Waals surface area contributed by atoms with Crippen molar-refractivity contribution in [2.24, 2.45) is 0 Å². The van der Waals surface area contributed by atoms with Crippen molar-refractivity contribution in [3.63, 3.8) is 0 Å². The number of hydrogen-bond acceptors (Lipinski definition) is 3. The lowest BCUT2D eigenvalue weighted by atomic mass is 9.99. The summed E-state index contributed by atoms with van der Waals surface area (Å²) in [5.74, 6) is 0. The molecule has 0 amide bonds. The number of nitriles is 1. The Balaban J connectivity index is 1.93. The van der Waals surface area contributed by atoms with Gasteiger partial charge in [-0.1, -0.05) is 18.2 Å². The molecular formula is C16H15N3. The maximum Gasteiger partial charge on any atom is 0.0992 e. The normalized spacial score (nSPS) is 13.4. The van der Waals surface area contributed by atoms with Crippen molar-refractivity contribution >= 4 is 11.4 Å². The minimum atomic E-state index is 0.677. The first-order valence-corrected chi connectivity index (χ1v) is 6.45. The lowest BCUT2D eigenvalue weighted by molar-refractivity contribution is 0.645. The van der Waals surface area contributed by atoms with Gasteiger partial charge in [0.2, 0.25) is 0 Å². The summed E-state index contributed by atoms with van der Waals surface area (Å²) in [5, 5.41) is 15.7. The van der Waals surface area contributed by atoms with Crippen molar-refractivity contribution in [1.29, 1.82) is 5.26 Å². The topological polar surface area (TPSA) is 47.9 Å². The quantitative estimate of drug-likeness (QED) is 0.860. The monoisotopic (exact) mass is 249 g/mol. The Morgan fingerprint density at radius 1 is 1.16 bits per heavy atom. The standard InChI is InChI=1S/C16H15N3/c17-10-12-3-1-5-14(9-12)19-16-6-2-4-13-11-18-8-7-15(13)16/h1-6,9,18-19H,7-8,11H2. The minimum Gasteiger partial charge on any atom is -0.355 e. The molecule has 0 atom stereocenters. The highest BCUT2D eigenvalue weighted by Crippen LogP contribution is 2.26. The van der Waals surface area contributed by atoms with Crippen LogP contribution in [0.2, 0.25) is 0 Å². The molecular weight excluding hydrogens is 234 g/mol. The Bertz CT molecular complexity index is 641. The summed E-state index contributed by atoms with van der Waals surface area (Å²) in [7, 11) is 0. The van der Waals surface area contributed by atoms with E-state index in [1.165, 1.54) is 11.1 Å². The van der Waals surface area contributed by atoms with Crippen LogP contribution in [0.4, 0.5) is 11.4 Å². The highest BCUT2D eigenvalue weighted by atomic mass is 14.9. The molecule has 94 valence electrons. The second kappa shape index (κ2) is 5.13. The highest BCUT2D eigenvalue weighted by Gasteiger charge is 2.12. The molecule has 3 rings (SSSR count). The summed E-state index contributed by atoms with van der Waals surface area (Å²) in [4.78, 5) is 0. The first-order chi connectivity index (χ1) is 9.36. The number of nitrogens with zero attached hydrogens (tertiary/aromatic N) is 1. The first-order valence-electron chi connectivity index (χ1n) is 6.45. The highest BCUT2D eigenvalue weighted by molar-refractivity contribution is 5.66. The molecule has 1 heterocycles. The number of anilines is 2. The molecule has 3 nitrogen and oxygen atoms in total. The molecule has 2 aromatic carbocycles. The second-order valence-electron chi connectivity index (χ2n) is 4.69. The van der Waals surface area contributed by atoms with E-state index in [1.807, 2.05) is 24.3 Å². The van der Waals surface area contributed by atoms with Gasteiger partial charge in [-0.05, 0) is 48.4 Å². The van der Waals surface area contributed by atoms with Crippen molar-refractivity contribution in [2.75, 3.05) is 11.9 Å². The van der Waals surface area contributed by atoms with Crippen LogP contribution >= 0.6 is 0 Å². The largest absolute Gasteiger partial charge is 0.355 e. The zero-order valence-electron chi connectivity index (χ0n) is 10.6. The van der Waals surface area contributed by atoms with Crippen LogP contribution in [0, 0.1) is 11.3 Å². The zero-order valence-corrected chi connectivity index (χ0v) is 10.6. The third-order valence-corrected chi connectivity index (χ3v) is 3.41. The third-order valence-electron chi connectivity index (χ3n) is 3.41. The van der Waals surface area contributed by atoms with Gasteiger partial charge in [0.25, 0.3) is 0 Å². The van der Waals surface area contributed by atoms with Crippen molar-refractivity contribution in [1.82, 2.24) is 5.32 Å². The molecule has 2 N–H and O–H groups in total. The molecule has 0 aromatic heterocycles. The minimum absolute atomic E-state index is 0.677. The summed E-state index contributed by atoms with van der Waals surface area (Å²) < 4.78 is 0. The van der Waals surface area contributed by atoms with E-state index >= 15 is 0 Å². The van der Waals surface area contributed by atoms with E-state index in [4.69, 9.17) is 5.26 Å². The molecule has 0 aliphatic carbocycles. The van der Waals surface area contributed by atoms with Gasteiger partial charge in [-0.2, -0.15) is 5.26 Å². The average Bonchev–Trinajstić information content (AvgIpc) is 2.48. The van der Waals surface area contributed by atoms with Crippen LogP contribution in [0.25, 0.3) is 0 Å². The summed E-state index contributed by atoms with van der Waals surface area (Å²) in [5.41, 5.74) is 5.52. The fraction of sp³-hybridized carbons (Fsp3) is 0.188. The Kier molecular flexibility index (Phi) is 3.18. The zero-order chi connectivity index (χ0) is 13.1. The molecule has 2 aromatic rings. The van der Waals surface area contributed by atoms with E-state index in [9.17, 15) is 0 Å². The fourth-order valence-electron chi connectivity index (χ4n) is 2.47. The van der Waals surface area contributed by atoms with Gasteiger partial charge in [-0.25, -0.2) is 0 Å². The lowest BCUT2D eigenvalue weighted by Crippen LogP contribution is -2.24. The van der Waals surface area contributed by atoms with Crippen molar-refractivity contribution in [3.8, 4) is 6.07 Å². The van der Waals surface area contributed by atoms with Crippen LogP contribution in [0.3, 0.4) is 0 Å². The number of benzene rings is 2. The summed E-state index contributed by atoms with van der Waals surface area (Å²) in [6.07, 6.45) is 1.04. The number of nitrogens with one attached hydrogen (secondary N) is 2. The van der Waals surface area contributed by atoms with Crippen LogP contribution in [0.5, 0.6) is 0 Å². The van der Waals surface area contributed by atoms with E-state index in [-0.39, 0.29) is 0 Å². The van der Waals surface area contributed by atoms with Gasteiger partial charge in [0.15, 0.2) is 0 Å². The van der Waals surface area contributed by atoms with Crippen molar-refractivity contribution < 1.29 is 0 Å². The van der Waals surface area contributed by atoms with Gasteiger partial charge in [-0.15, -0.1) is 0 Å². The summed E-state index contributed by atoms with van der Waals surface area (Å²) in [6, 6.07) is 16.1. The van der Waals surface area contributed by atoms with Crippen LogP contribution in [-0.2, 0) is 13.0 Å². The molecule has 1 aliphatic rings. The van der Waals surface area contributed by atoms with E-state index in [0.29, 0.717) is 5.56 Å². The number of hydrogen-bond donors (Lipinski definition) is 2. The Morgan fingerprint density at radius 3 is 2.95 bits per heavy atom. The molecule has 1 aliphatic heterocycles. The molecule has 0 radical (unpaired) electrons. The summed E-state index contributed by atoms with van der Waals surface area (Å²) >= 11 is 0. The van der Waals surface area contributed by atoms with Crippen LogP contribution in [-0.4, -0.2) is 6.54 Å². The fourth-order valence-corrected chi connectivity index (χ4v) is 2.47. The van der Waals surface area contributed by atoms with Gasteiger partial charge in [0.05, 0.1) is 11.6 Å². The smallest absolute Gasteiger partial charge is 0.0992 e. The Labute approximate surface area is 112 Å². The second-order valence-corrected chi connectivity index (χ2v) is 4.69. The van der Waals surface area contributed by atoms with E-state index in [1.54, 1.807) is 0 Å². The molecule has 0 fully saturated rings. The van der Waals surface area contributed by atoms with E-state index in [0.717, 1.165) is 30.9 Å². The molecule has 3 heteroatoms. The van der Waals surface area contributed by atoms with Gasteiger partial charge < -0.3 is 10.6 Å². The van der Waals surface area contributed by atoms with Crippen LogP contribution in [0.15, 0.2) is 42.5 Å². The predicted molar refractivity (Wildman–Crippen MR) is 76.3 cm³/mol. The number of rotatable bonds is 2. The molecule has 0 bridgehead atoms. The maximum absolute atomic E-state index is 8.93. The van der Waals surface area contributed by atoms with Crippen molar-refractivity contribution in [3.05, 3.63) is 59.2 Å². The van der Waals surface area contributed by atoms with E-state index in [2.05, 4.69) is 34.9 Å². The molecule has 0 saturated heterocycles. The Hall–Kier alpha value is -2.31. The van der Waals surface area contributed by atoms with Gasteiger partial charge in [0.1, 0.15) is 0 Å². The molecule has 0 saturated carbocycles. The van der Waals surface area contributed by atoms with Gasteiger partial charge in [-0.3, -0.25) is 0 Å². The molecule has 0 unspecified atom stereocenters. The number of fused-ring (bicyclic) bond motifs is 1. The van der Waals surface area contributed by atoms with E-state index < -0.39 is 0 Å². The molecule has 0 spiro atoms. The van der Waals surface area contributed by atoms with Crippen LogP contribution in [0.1, 0.15) is 16.7 Å². The van der Waals surface area contributed by atoms with Crippen molar-refractivity contribution in [2.45, 2.75) is 13.0 Å². The average molecular weight is 249 g/mol. The maximum atomic E-state index is 8.93. The lowest BCUT2D eigenvalue weighted by Gasteiger charge is -2.21. The van der Waals surface area contributed by atoms with Crippen LogP contribution < -0.4 is 10.6 Å². The third kappa shape index (κ3) is 2.44. The molecule has 19 heavy (non-hydrogen) atoms.